The van der Waals surface area contributed by atoms with E-state index in [1.165, 1.54) is 4.90 Å². The van der Waals surface area contributed by atoms with E-state index in [1.54, 1.807) is 37.3 Å². The SMILES string of the molecule is Cc1ccc(C(=O)C2=C(O)C(=O)N(CC3CCCO3)C2c2cccc(Oc3ccccc3)c2)o1. The second-order valence-corrected chi connectivity index (χ2v) is 8.48. The van der Waals surface area contributed by atoms with E-state index in [-0.39, 0.29) is 24.0 Å². The number of carbonyl (C=O) groups is 2. The topological polar surface area (TPSA) is 89.2 Å². The molecule has 5 rings (SSSR count). The number of furan rings is 1. The van der Waals surface area contributed by atoms with E-state index in [0.29, 0.717) is 29.4 Å². The van der Waals surface area contributed by atoms with E-state index in [4.69, 9.17) is 13.9 Å². The Balaban J connectivity index is 1.53. The van der Waals surface area contributed by atoms with E-state index in [9.17, 15) is 14.7 Å². The highest BCUT2D eigenvalue weighted by atomic mass is 16.5. The Morgan fingerprint density at radius 1 is 1.09 bits per heavy atom. The lowest BCUT2D eigenvalue weighted by Gasteiger charge is -2.29. The van der Waals surface area contributed by atoms with E-state index < -0.39 is 23.5 Å². The maximum Gasteiger partial charge on any atom is 0.290 e. The molecule has 0 aliphatic carbocycles. The first-order valence-corrected chi connectivity index (χ1v) is 11.3. The molecule has 1 saturated heterocycles. The predicted octanol–water partition coefficient (Wildman–Crippen LogP) is 5.14. The molecular weight excluding hydrogens is 434 g/mol. The number of ketones is 1. The third kappa shape index (κ3) is 4.22. The molecule has 2 aromatic carbocycles. The summed E-state index contributed by atoms with van der Waals surface area (Å²) in [5, 5.41) is 10.8. The van der Waals surface area contributed by atoms with E-state index in [1.807, 2.05) is 36.4 Å². The van der Waals surface area contributed by atoms with Gasteiger partial charge in [-0.2, -0.15) is 0 Å². The minimum atomic E-state index is -0.797. The van der Waals surface area contributed by atoms with Gasteiger partial charge in [0.25, 0.3) is 5.91 Å². The molecule has 2 aliphatic heterocycles. The van der Waals surface area contributed by atoms with Crippen LogP contribution in [0.2, 0.25) is 0 Å². The minimum absolute atomic E-state index is 0.00536. The number of hydrogen-bond acceptors (Lipinski definition) is 6. The number of aliphatic hydroxyl groups is 1. The van der Waals surface area contributed by atoms with Gasteiger partial charge in [0.05, 0.1) is 17.7 Å². The van der Waals surface area contributed by atoms with Gasteiger partial charge in [-0.15, -0.1) is 0 Å². The third-order valence-electron chi connectivity index (χ3n) is 6.09. The number of benzene rings is 2. The summed E-state index contributed by atoms with van der Waals surface area (Å²) in [5.41, 5.74) is 0.643. The van der Waals surface area contributed by atoms with Gasteiger partial charge in [0.2, 0.25) is 5.78 Å². The lowest BCUT2D eigenvalue weighted by Crippen LogP contribution is -2.37. The highest BCUT2D eigenvalue weighted by Crippen LogP contribution is 2.41. The lowest BCUT2D eigenvalue weighted by molar-refractivity contribution is -0.131. The Bertz CT molecular complexity index is 1240. The van der Waals surface area contributed by atoms with Crippen LogP contribution in [0.25, 0.3) is 0 Å². The third-order valence-corrected chi connectivity index (χ3v) is 6.09. The van der Waals surface area contributed by atoms with Gasteiger partial charge in [-0.1, -0.05) is 30.3 Å². The average molecular weight is 459 g/mol. The number of rotatable bonds is 7. The maximum atomic E-state index is 13.4. The van der Waals surface area contributed by atoms with Crippen molar-refractivity contribution in [3.63, 3.8) is 0 Å². The number of nitrogens with zero attached hydrogens (tertiary/aromatic N) is 1. The summed E-state index contributed by atoms with van der Waals surface area (Å²) >= 11 is 0. The molecule has 1 amide bonds. The number of Topliss-reactive ketones (excluding diaryl/α,β-unsaturated/α-hetero) is 1. The van der Waals surface area contributed by atoms with Crippen molar-refractivity contribution >= 4 is 11.7 Å². The molecule has 2 aliphatic rings. The van der Waals surface area contributed by atoms with E-state index in [2.05, 4.69) is 0 Å². The zero-order valence-electron chi connectivity index (χ0n) is 18.8. The minimum Gasteiger partial charge on any atom is -0.503 e. The van der Waals surface area contributed by atoms with Crippen molar-refractivity contribution in [3.8, 4) is 11.5 Å². The van der Waals surface area contributed by atoms with Crippen molar-refractivity contribution in [3.05, 3.63) is 95.1 Å². The van der Waals surface area contributed by atoms with Crippen LogP contribution >= 0.6 is 0 Å². The van der Waals surface area contributed by atoms with Crippen molar-refractivity contribution in [1.29, 1.82) is 0 Å². The smallest absolute Gasteiger partial charge is 0.290 e. The number of carbonyl (C=O) groups excluding carboxylic acids is 2. The summed E-state index contributed by atoms with van der Waals surface area (Å²) in [6.07, 6.45) is 1.58. The summed E-state index contributed by atoms with van der Waals surface area (Å²) < 4.78 is 17.2. The quantitative estimate of drug-likeness (QED) is 0.492. The molecule has 0 bridgehead atoms. The lowest BCUT2D eigenvalue weighted by atomic mass is 9.94. The Hall–Kier alpha value is -3.84. The van der Waals surface area contributed by atoms with Crippen molar-refractivity contribution in [1.82, 2.24) is 4.90 Å². The van der Waals surface area contributed by atoms with Crippen LogP contribution in [0.15, 0.2) is 82.5 Å². The zero-order valence-corrected chi connectivity index (χ0v) is 18.8. The van der Waals surface area contributed by atoms with Crippen molar-refractivity contribution < 1.29 is 28.6 Å². The summed E-state index contributed by atoms with van der Waals surface area (Å²) in [4.78, 5) is 28.1. The molecule has 2 unspecified atom stereocenters. The van der Waals surface area contributed by atoms with Crippen LogP contribution in [0, 0.1) is 6.92 Å². The fourth-order valence-corrected chi connectivity index (χ4v) is 4.49. The summed E-state index contributed by atoms with van der Waals surface area (Å²) in [7, 11) is 0. The molecule has 1 fully saturated rings. The van der Waals surface area contributed by atoms with Crippen molar-refractivity contribution in [2.45, 2.75) is 31.9 Å². The highest BCUT2D eigenvalue weighted by Gasteiger charge is 2.45. The number of aliphatic hydroxyl groups excluding tert-OH is 1. The van der Waals surface area contributed by atoms with Gasteiger partial charge in [-0.05, 0) is 61.7 Å². The molecule has 0 spiro atoms. The van der Waals surface area contributed by atoms with Gasteiger partial charge in [0.1, 0.15) is 17.3 Å². The van der Waals surface area contributed by atoms with Crippen molar-refractivity contribution in [2.75, 3.05) is 13.2 Å². The molecule has 34 heavy (non-hydrogen) atoms. The molecule has 2 atom stereocenters. The standard InChI is InChI=1S/C27H25NO6/c1-17-12-13-22(33-17)25(29)23-24(28(27(31)26(23)30)16-21-11-6-14-32-21)18-7-5-10-20(15-18)34-19-8-3-2-4-9-19/h2-5,7-10,12-13,15,21,24,30H,6,11,14,16H2,1H3. The fraction of sp³-hybridized carbons (Fsp3) is 0.259. The average Bonchev–Trinajstić information content (AvgIpc) is 3.57. The second kappa shape index (κ2) is 9.19. The van der Waals surface area contributed by atoms with E-state index >= 15 is 0 Å². The summed E-state index contributed by atoms with van der Waals surface area (Å²) in [6.45, 7) is 2.64. The molecule has 7 nitrogen and oxygen atoms in total. The summed E-state index contributed by atoms with van der Waals surface area (Å²) in [6, 6.07) is 19.0. The largest absolute Gasteiger partial charge is 0.503 e. The Morgan fingerprint density at radius 3 is 2.59 bits per heavy atom. The maximum absolute atomic E-state index is 13.4. The van der Waals surface area contributed by atoms with Crippen LogP contribution in [0.5, 0.6) is 11.5 Å². The van der Waals surface area contributed by atoms with Gasteiger partial charge in [-0.25, -0.2) is 0 Å². The van der Waals surface area contributed by atoms with Crippen LogP contribution in [0.1, 0.15) is 40.8 Å². The molecule has 174 valence electrons. The number of ether oxygens (including phenoxy) is 2. The predicted molar refractivity (Wildman–Crippen MR) is 124 cm³/mol. The van der Waals surface area contributed by atoms with E-state index in [0.717, 1.165) is 12.8 Å². The van der Waals surface area contributed by atoms with Crippen LogP contribution in [-0.2, 0) is 9.53 Å². The van der Waals surface area contributed by atoms with Gasteiger partial charge in [0, 0.05) is 13.2 Å². The van der Waals surface area contributed by atoms with Crippen molar-refractivity contribution in [2.24, 2.45) is 0 Å². The zero-order chi connectivity index (χ0) is 23.7. The number of hydrogen-bond donors (Lipinski definition) is 1. The van der Waals surface area contributed by atoms with Gasteiger partial charge < -0.3 is 23.9 Å². The molecule has 1 aromatic heterocycles. The Kier molecular flexibility index (Phi) is 5.94. The van der Waals surface area contributed by atoms with Crippen LogP contribution in [0.4, 0.5) is 0 Å². The Labute approximate surface area is 197 Å². The fourth-order valence-electron chi connectivity index (χ4n) is 4.49. The Morgan fingerprint density at radius 2 is 1.88 bits per heavy atom. The molecule has 7 heteroatoms. The first-order chi connectivity index (χ1) is 16.5. The van der Waals surface area contributed by atoms with Gasteiger partial charge >= 0.3 is 0 Å². The van der Waals surface area contributed by atoms with Gasteiger partial charge in [-0.3, -0.25) is 9.59 Å². The molecule has 0 radical (unpaired) electrons. The molecule has 1 N–H and O–H groups in total. The number of para-hydroxylation sites is 1. The monoisotopic (exact) mass is 459 g/mol. The molecule has 3 aromatic rings. The first kappa shape index (κ1) is 22.0. The van der Waals surface area contributed by atoms with Crippen LogP contribution in [-0.4, -0.2) is 41.0 Å². The normalized spacial score (nSPS) is 20.3. The molecular formula is C27H25NO6. The van der Waals surface area contributed by atoms with Crippen LogP contribution in [0.3, 0.4) is 0 Å². The number of amides is 1. The first-order valence-electron chi connectivity index (χ1n) is 11.3. The molecule has 0 saturated carbocycles. The summed E-state index contributed by atoms with van der Waals surface area (Å²) in [5.74, 6) is 0.191. The second-order valence-electron chi connectivity index (χ2n) is 8.48. The van der Waals surface area contributed by atoms with Gasteiger partial charge in [0.15, 0.2) is 11.5 Å². The highest BCUT2D eigenvalue weighted by molar-refractivity contribution is 6.15. The molecule has 3 heterocycles. The number of aryl methyl sites for hydroxylation is 1. The van der Waals surface area contributed by atoms with Crippen LogP contribution < -0.4 is 4.74 Å².